The Morgan fingerprint density at radius 1 is 1.05 bits per heavy atom. The zero-order chi connectivity index (χ0) is 14.4. The van der Waals surface area contributed by atoms with Crippen LogP contribution < -0.4 is 5.32 Å². The first kappa shape index (κ1) is 14.7. The van der Waals surface area contributed by atoms with Crippen LogP contribution in [0.5, 0.6) is 0 Å². The third-order valence-corrected chi connectivity index (χ3v) is 3.30. The van der Waals surface area contributed by atoms with E-state index in [1.807, 2.05) is 31.2 Å². The van der Waals surface area contributed by atoms with Crippen molar-refractivity contribution in [3.8, 4) is 0 Å². The van der Waals surface area contributed by atoms with Crippen LogP contribution in [0.15, 0.2) is 48.5 Å². The Morgan fingerprint density at radius 3 is 2.35 bits per heavy atom. The van der Waals surface area contributed by atoms with Crippen LogP contribution in [0, 0.1) is 12.7 Å². The molecular formula is C17H20FNO. The Hall–Kier alpha value is -1.71. The number of hydrogen-bond acceptors (Lipinski definition) is 2. The van der Waals surface area contributed by atoms with Gasteiger partial charge in [0.1, 0.15) is 5.82 Å². The molecule has 1 atom stereocenters. The average Bonchev–Trinajstić information content (AvgIpc) is 2.46. The van der Waals surface area contributed by atoms with Crippen molar-refractivity contribution in [1.29, 1.82) is 0 Å². The topological polar surface area (TPSA) is 32.3 Å². The Balaban J connectivity index is 1.72. The van der Waals surface area contributed by atoms with E-state index >= 15 is 0 Å². The highest BCUT2D eigenvalue weighted by Crippen LogP contribution is 2.12. The molecule has 0 radical (unpaired) electrons. The average molecular weight is 273 g/mol. The van der Waals surface area contributed by atoms with Crippen molar-refractivity contribution < 1.29 is 9.50 Å². The molecule has 0 amide bonds. The molecule has 0 saturated carbocycles. The SMILES string of the molecule is Cc1ccc(C(O)CNCCc2ccc(F)cc2)cc1. The number of nitrogens with one attached hydrogen (secondary N) is 1. The predicted octanol–water partition coefficient (Wildman–Crippen LogP) is 3.00. The van der Waals surface area contributed by atoms with E-state index in [-0.39, 0.29) is 5.82 Å². The normalized spacial score (nSPS) is 12.3. The lowest BCUT2D eigenvalue weighted by molar-refractivity contribution is 0.175. The third-order valence-electron chi connectivity index (χ3n) is 3.30. The van der Waals surface area contributed by atoms with Gasteiger partial charge < -0.3 is 10.4 Å². The molecule has 2 aromatic carbocycles. The first-order chi connectivity index (χ1) is 9.65. The van der Waals surface area contributed by atoms with E-state index < -0.39 is 6.10 Å². The number of rotatable bonds is 6. The van der Waals surface area contributed by atoms with Gasteiger partial charge in [-0.15, -0.1) is 0 Å². The van der Waals surface area contributed by atoms with Crippen LogP contribution in [-0.4, -0.2) is 18.2 Å². The largest absolute Gasteiger partial charge is 0.387 e. The maximum atomic E-state index is 12.7. The third kappa shape index (κ3) is 4.44. The molecule has 0 aliphatic carbocycles. The van der Waals surface area contributed by atoms with Crippen molar-refractivity contribution in [2.75, 3.05) is 13.1 Å². The van der Waals surface area contributed by atoms with Gasteiger partial charge in [-0.25, -0.2) is 4.39 Å². The molecule has 0 fully saturated rings. The highest BCUT2D eigenvalue weighted by molar-refractivity contribution is 5.23. The molecule has 0 aromatic heterocycles. The first-order valence-corrected chi connectivity index (χ1v) is 6.85. The van der Waals surface area contributed by atoms with Gasteiger partial charge in [-0.2, -0.15) is 0 Å². The van der Waals surface area contributed by atoms with Crippen molar-refractivity contribution in [1.82, 2.24) is 5.32 Å². The minimum Gasteiger partial charge on any atom is -0.387 e. The molecule has 0 heterocycles. The molecule has 106 valence electrons. The van der Waals surface area contributed by atoms with Crippen molar-refractivity contribution in [3.63, 3.8) is 0 Å². The number of aliphatic hydroxyl groups is 1. The second-order valence-corrected chi connectivity index (χ2v) is 5.01. The van der Waals surface area contributed by atoms with Gasteiger partial charge in [0.05, 0.1) is 6.10 Å². The molecule has 2 aromatic rings. The number of hydrogen-bond donors (Lipinski definition) is 2. The van der Waals surface area contributed by atoms with Crippen LogP contribution in [0.1, 0.15) is 22.8 Å². The lowest BCUT2D eigenvalue weighted by Gasteiger charge is -2.12. The smallest absolute Gasteiger partial charge is 0.123 e. The van der Waals surface area contributed by atoms with E-state index in [9.17, 15) is 9.50 Å². The molecule has 2 rings (SSSR count). The van der Waals surface area contributed by atoms with Gasteiger partial charge in [-0.3, -0.25) is 0 Å². The molecule has 20 heavy (non-hydrogen) atoms. The molecule has 1 unspecified atom stereocenters. The summed E-state index contributed by atoms with van der Waals surface area (Å²) >= 11 is 0. The first-order valence-electron chi connectivity index (χ1n) is 6.85. The molecule has 3 heteroatoms. The number of halogens is 1. The highest BCUT2D eigenvalue weighted by atomic mass is 19.1. The summed E-state index contributed by atoms with van der Waals surface area (Å²) in [5.74, 6) is -0.212. The fraction of sp³-hybridized carbons (Fsp3) is 0.294. The predicted molar refractivity (Wildman–Crippen MR) is 79.1 cm³/mol. The Morgan fingerprint density at radius 2 is 1.70 bits per heavy atom. The monoisotopic (exact) mass is 273 g/mol. The van der Waals surface area contributed by atoms with Gasteiger partial charge in [0.2, 0.25) is 0 Å². The maximum absolute atomic E-state index is 12.7. The molecule has 0 aliphatic heterocycles. The summed E-state index contributed by atoms with van der Waals surface area (Å²) in [6, 6.07) is 14.4. The quantitative estimate of drug-likeness (QED) is 0.793. The summed E-state index contributed by atoms with van der Waals surface area (Å²) in [4.78, 5) is 0. The van der Waals surface area contributed by atoms with Crippen molar-refractivity contribution >= 4 is 0 Å². The number of benzene rings is 2. The van der Waals surface area contributed by atoms with Gasteiger partial charge in [-0.1, -0.05) is 42.0 Å². The molecule has 0 spiro atoms. The molecule has 0 saturated heterocycles. The van der Waals surface area contributed by atoms with Crippen LogP contribution in [0.25, 0.3) is 0 Å². The molecule has 2 N–H and O–H groups in total. The Bertz CT molecular complexity index is 522. The molecule has 0 bridgehead atoms. The summed E-state index contributed by atoms with van der Waals surface area (Å²) in [7, 11) is 0. The zero-order valence-electron chi connectivity index (χ0n) is 11.6. The lowest BCUT2D eigenvalue weighted by Crippen LogP contribution is -2.23. The van der Waals surface area contributed by atoms with E-state index in [4.69, 9.17) is 0 Å². The second-order valence-electron chi connectivity index (χ2n) is 5.01. The van der Waals surface area contributed by atoms with E-state index in [2.05, 4.69) is 5.32 Å². The van der Waals surface area contributed by atoms with Gasteiger partial charge >= 0.3 is 0 Å². The van der Waals surface area contributed by atoms with Gasteiger partial charge in [0.25, 0.3) is 0 Å². The maximum Gasteiger partial charge on any atom is 0.123 e. The summed E-state index contributed by atoms with van der Waals surface area (Å²) in [6.07, 6.45) is 0.324. The van der Waals surface area contributed by atoms with Crippen LogP contribution >= 0.6 is 0 Å². The van der Waals surface area contributed by atoms with Crippen LogP contribution in [-0.2, 0) is 6.42 Å². The van der Waals surface area contributed by atoms with Gasteiger partial charge in [0.15, 0.2) is 0 Å². The molecule has 0 aliphatic rings. The van der Waals surface area contributed by atoms with Crippen molar-refractivity contribution in [2.45, 2.75) is 19.4 Å². The summed E-state index contributed by atoms with van der Waals surface area (Å²) in [5.41, 5.74) is 3.19. The summed E-state index contributed by atoms with van der Waals surface area (Å²) in [6.45, 7) is 3.30. The minimum atomic E-state index is -0.496. The zero-order valence-corrected chi connectivity index (χ0v) is 11.6. The minimum absolute atomic E-state index is 0.212. The van der Waals surface area contributed by atoms with Crippen LogP contribution in [0.4, 0.5) is 4.39 Å². The van der Waals surface area contributed by atoms with Crippen molar-refractivity contribution in [3.05, 3.63) is 71.0 Å². The Labute approximate surface area is 119 Å². The fourth-order valence-corrected chi connectivity index (χ4v) is 2.03. The van der Waals surface area contributed by atoms with Gasteiger partial charge in [0, 0.05) is 6.54 Å². The summed E-state index contributed by atoms with van der Waals surface area (Å²) < 4.78 is 12.7. The Kier molecular flexibility index (Phi) is 5.27. The van der Waals surface area contributed by atoms with Crippen molar-refractivity contribution in [2.24, 2.45) is 0 Å². The number of aliphatic hydroxyl groups excluding tert-OH is 1. The lowest BCUT2D eigenvalue weighted by atomic mass is 10.1. The molecular weight excluding hydrogens is 253 g/mol. The standard InChI is InChI=1S/C17H20FNO/c1-13-2-6-15(7-3-13)17(20)12-19-11-10-14-4-8-16(18)9-5-14/h2-9,17,19-20H,10-12H2,1H3. The molecule has 2 nitrogen and oxygen atoms in total. The van der Waals surface area contributed by atoms with Crippen LogP contribution in [0.2, 0.25) is 0 Å². The van der Waals surface area contributed by atoms with E-state index in [0.29, 0.717) is 6.54 Å². The fourth-order valence-electron chi connectivity index (χ4n) is 2.03. The van der Waals surface area contributed by atoms with E-state index in [0.717, 1.165) is 24.1 Å². The summed E-state index contributed by atoms with van der Waals surface area (Å²) in [5, 5.41) is 13.3. The van der Waals surface area contributed by atoms with E-state index in [1.165, 1.54) is 17.7 Å². The number of aryl methyl sites for hydroxylation is 1. The highest BCUT2D eigenvalue weighted by Gasteiger charge is 2.06. The van der Waals surface area contributed by atoms with Crippen LogP contribution in [0.3, 0.4) is 0 Å². The second kappa shape index (κ2) is 7.17. The van der Waals surface area contributed by atoms with Gasteiger partial charge in [-0.05, 0) is 43.1 Å². The van der Waals surface area contributed by atoms with E-state index in [1.54, 1.807) is 12.1 Å².